The van der Waals surface area contributed by atoms with Crippen LogP contribution < -0.4 is 10.1 Å². The Morgan fingerprint density at radius 2 is 1.89 bits per heavy atom. The fraction of sp³-hybridized carbons (Fsp3) is 0.111. The summed E-state index contributed by atoms with van der Waals surface area (Å²) < 4.78 is 29.9. The number of ether oxygens (including phenoxy) is 1. The molecule has 3 rings (SSSR count). The third-order valence-electron chi connectivity index (χ3n) is 3.63. The largest absolute Gasteiger partial charge is 0.496 e. The summed E-state index contributed by atoms with van der Waals surface area (Å²) in [5.74, 6) is -0.685. The number of nitrogens with zero attached hydrogens (tertiary/aromatic N) is 1. The molecule has 2 aromatic carbocycles. The maximum absolute atomic E-state index is 12.3. The standard InChI is InChI=1S/C18H15ClN2O4S2/c1-25-16-5-3-2-4-14(16)15-10-26-18(20-15)21-17(22)11-27(23,24)13-8-6-12(19)7-9-13/h2-10H,11H2,1H3,(H,20,21,22). The van der Waals surface area contributed by atoms with E-state index in [1.54, 1.807) is 12.5 Å². The van der Waals surface area contributed by atoms with Crippen molar-refractivity contribution in [2.75, 3.05) is 18.2 Å². The highest BCUT2D eigenvalue weighted by Crippen LogP contribution is 2.31. The van der Waals surface area contributed by atoms with Crippen molar-refractivity contribution in [3.63, 3.8) is 0 Å². The lowest BCUT2D eigenvalue weighted by atomic mass is 10.1. The van der Waals surface area contributed by atoms with Gasteiger partial charge in [-0.25, -0.2) is 13.4 Å². The Hall–Kier alpha value is -2.42. The van der Waals surface area contributed by atoms with Crippen LogP contribution in [0.5, 0.6) is 5.75 Å². The number of carbonyl (C=O) groups is 1. The molecule has 0 fully saturated rings. The predicted molar refractivity (Wildman–Crippen MR) is 106 cm³/mol. The van der Waals surface area contributed by atoms with E-state index in [1.165, 1.54) is 35.6 Å². The molecule has 3 aromatic rings. The van der Waals surface area contributed by atoms with Gasteiger partial charge in [-0.3, -0.25) is 4.79 Å². The summed E-state index contributed by atoms with van der Waals surface area (Å²) in [6.45, 7) is 0. The average molecular weight is 423 g/mol. The predicted octanol–water partition coefficient (Wildman–Crippen LogP) is 3.88. The number of thiazole rings is 1. The number of carbonyl (C=O) groups excluding carboxylic acids is 1. The SMILES string of the molecule is COc1ccccc1-c1csc(NC(=O)CS(=O)(=O)c2ccc(Cl)cc2)n1. The van der Waals surface area contributed by atoms with Gasteiger partial charge in [-0.15, -0.1) is 11.3 Å². The van der Waals surface area contributed by atoms with Gasteiger partial charge < -0.3 is 10.1 Å². The molecule has 0 aliphatic rings. The van der Waals surface area contributed by atoms with E-state index in [0.29, 0.717) is 21.6 Å². The van der Waals surface area contributed by atoms with Gasteiger partial charge in [0.05, 0.1) is 17.7 Å². The molecule has 0 aliphatic carbocycles. The highest BCUT2D eigenvalue weighted by molar-refractivity contribution is 7.92. The molecule has 1 heterocycles. The summed E-state index contributed by atoms with van der Waals surface area (Å²) in [4.78, 5) is 16.5. The number of halogens is 1. The van der Waals surface area contributed by atoms with Crippen molar-refractivity contribution < 1.29 is 17.9 Å². The van der Waals surface area contributed by atoms with E-state index in [1.807, 2.05) is 24.3 Å². The third kappa shape index (κ3) is 4.65. The van der Waals surface area contributed by atoms with E-state index in [9.17, 15) is 13.2 Å². The van der Waals surface area contributed by atoms with Crippen LogP contribution in [-0.2, 0) is 14.6 Å². The number of anilines is 1. The van der Waals surface area contributed by atoms with Crippen LogP contribution in [0.25, 0.3) is 11.3 Å². The van der Waals surface area contributed by atoms with E-state index in [4.69, 9.17) is 16.3 Å². The molecule has 0 aliphatic heterocycles. The minimum Gasteiger partial charge on any atom is -0.496 e. The first-order chi connectivity index (χ1) is 12.9. The molecule has 0 saturated heterocycles. The topological polar surface area (TPSA) is 85.4 Å². The molecule has 0 radical (unpaired) electrons. The molecule has 140 valence electrons. The second-order valence-electron chi connectivity index (χ2n) is 5.50. The summed E-state index contributed by atoms with van der Waals surface area (Å²) in [5.41, 5.74) is 1.42. The van der Waals surface area contributed by atoms with E-state index < -0.39 is 21.5 Å². The number of amides is 1. The number of hydrogen-bond donors (Lipinski definition) is 1. The molecule has 9 heteroatoms. The van der Waals surface area contributed by atoms with Crippen LogP contribution in [0.3, 0.4) is 0 Å². The molecule has 1 aromatic heterocycles. The zero-order valence-electron chi connectivity index (χ0n) is 14.2. The molecule has 1 amide bonds. The van der Waals surface area contributed by atoms with Crippen LogP contribution in [0, 0.1) is 0 Å². The fourth-order valence-corrected chi connectivity index (χ4v) is 4.35. The van der Waals surface area contributed by atoms with Gasteiger partial charge in [0.15, 0.2) is 15.0 Å². The molecule has 0 saturated carbocycles. The van der Waals surface area contributed by atoms with Crippen molar-refractivity contribution >= 4 is 43.8 Å². The molecule has 1 N–H and O–H groups in total. The number of aromatic nitrogens is 1. The summed E-state index contributed by atoms with van der Waals surface area (Å²) in [5, 5.41) is 5.03. The number of methoxy groups -OCH3 is 1. The average Bonchev–Trinajstić information content (AvgIpc) is 3.09. The summed E-state index contributed by atoms with van der Waals surface area (Å²) >= 11 is 6.96. The van der Waals surface area contributed by atoms with Crippen LogP contribution in [0.4, 0.5) is 5.13 Å². The van der Waals surface area contributed by atoms with Gasteiger partial charge in [-0.1, -0.05) is 23.7 Å². The lowest BCUT2D eigenvalue weighted by Gasteiger charge is -2.05. The van der Waals surface area contributed by atoms with Crippen LogP contribution in [0.1, 0.15) is 0 Å². The number of para-hydroxylation sites is 1. The van der Waals surface area contributed by atoms with Gasteiger partial charge in [0.25, 0.3) is 0 Å². The van der Waals surface area contributed by atoms with Crippen LogP contribution in [-0.4, -0.2) is 32.2 Å². The van der Waals surface area contributed by atoms with Gasteiger partial charge in [-0.05, 0) is 36.4 Å². The van der Waals surface area contributed by atoms with E-state index in [0.717, 1.165) is 5.56 Å². The molecule has 0 spiro atoms. The number of rotatable bonds is 6. The van der Waals surface area contributed by atoms with Gasteiger partial charge in [0, 0.05) is 16.0 Å². The molecule has 0 unspecified atom stereocenters. The lowest BCUT2D eigenvalue weighted by Crippen LogP contribution is -2.22. The van der Waals surface area contributed by atoms with Crippen molar-refractivity contribution in [2.45, 2.75) is 4.90 Å². The highest BCUT2D eigenvalue weighted by Gasteiger charge is 2.20. The minimum atomic E-state index is -3.77. The number of benzene rings is 2. The van der Waals surface area contributed by atoms with Crippen LogP contribution >= 0.6 is 22.9 Å². The van der Waals surface area contributed by atoms with Gasteiger partial charge in [0.2, 0.25) is 5.91 Å². The van der Waals surface area contributed by atoms with Crippen molar-refractivity contribution in [3.05, 3.63) is 58.9 Å². The smallest absolute Gasteiger partial charge is 0.241 e. The van der Waals surface area contributed by atoms with Crippen molar-refractivity contribution in [3.8, 4) is 17.0 Å². The number of hydrogen-bond acceptors (Lipinski definition) is 6. The Kier molecular flexibility index (Phi) is 5.79. The van der Waals surface area contributed by atoms with E-state index in [2.05, 4.69) is 10.3 Å². The van der Waals surface area contributed by atoms with Crippen molar-refractivity contribution in [1.82, 2.24) is 4.98 Å². The second-order valence-corrected chi connectivity index (χ2v) is 8.78. The zero-order valence-corrected chi connectivity index (χ0v) is 16.6. The molecule has 0 atom stereocenters. The number of nitrogens with one attached hydrogen (secondary N) is 1. The van der Waals surface area contributed by atoms with Gasteiger partial charge in [0.1, 0.15) is 11.5 Å². The Balaban J connectivity index is 1.72. The summed E-state index contributed by atoms with van der Waals surface area (Å²) in [6, 6.07) is 13.0. The van der Waals surface area contributed by atoms with Crippen LogP contribution in [0.2, 0.25) is 5.02 Å². The maximum atomic E-state index is 12.3. The molecule has 6 nitrogen and oxygen atoms in total. The van der Waals surface area contributed by atoms with Gasteiger partial charge in [-0.2, -0.15) is 0 Å². The highest BCUT2D eigenvalue weighted by atomic mass is 35.5. The van der Waals surface area contributed by atoms with Crippen LogP contribution in [0.15, 0.2) is 58.8 Å². The molecular formula is C18H15ClN2O4S2. The first-order valence-electron chi connectivity index (χ1n) is 7.76. The minimum absolute atomic E-state index is 0.0379. The van der Waals surface area contributed by atoms with Crippen molar-refractivity contribution in [1.29, 1.82) is 0 Å². The Labute approximate surface area is 165 Å². The third-order valence-corrected chi connectivity index (χ3v) is 6.27. The molecule has 0 bridgehead atoms. The van der Waals surface area contributed by atoms with Gasteiger partial charge >= 0.3 is 0 Å². The maximum Gasteiger partial charge on any atom is 0.241 e. The van der Waals surface area contributed by atoms with Crippen molar-refractivity contribution in [2.24, 2.45) is 0 Å². The van der Waals surface area contributed by atoms with E-state index >= 15 is 0 Å². The Morgan fingerprint density at radius 1 is 1.19 bits per heavy atom. The monoisotopic (exact) mass is 422 g/mol. The second kappa shape index (κ2) is 8.08. The first-order valence-corrected chi connectivity index (χ1v) is 10.7. The Morgan fingerprint density at radius 3 is 2.59 bits per heavy atom. The fourth-order valence-electron chi connectivity index (χ4n) is 2.36. The molecule has 27 heavy (non-hydrogen) atoms. The zero-order chi connectivity index (χ0) is 19.4. The summed E-state index contributed by atoms with van der Waals surface area (Å²) in [7, 11) is -2.20. The number of sulfone groups is 1. The lowest BCUT2D eigenvalue weighted by molar-refractivity contribution is -0.113. The first kappa shape index (κ1) is 19.3. The summed E-state index contributed by atoms with van der Waals surface area (Å²) in [6.07, 6.45) is 0. The van der Waals surface area contributed by atoms with E-state index in [-0.39, 0.29) is 4.90 Å². The molecular weight excluding hydrogens is 408 g/mol. The quantitative estimate of drug-likeness (QED) is 0.651. The normalized spacial score (nSPS) is 11.2. The Bertz CT molecular complexity index is 1060.